The van der Waals surface area contributed by atoms with Gasteiger partial charge in [0.25, 0.3) is 5.91 Å². The van der Waals surface area contributed by atoms with Gasteiger partial charge in [-0.05, 0) is 29.8 Å². The Kier molecular flexibility index (Phi) is 4.44. The van der Waals surface area contributed by atoms with Crippen molar-refractivity contribution in [3.8, 4) is 5.75 Å². The Morgan fingerprint density at radius 2 is 1.97 bits per heavy atom. The van der Waals surface area contributed by atoms with Crippen molar-refractivity contribution in [2.45, 2.75) is 6.04 Å². The van der Waals surface area contributed by atoms with Crippen LogP contribution in [0.2, 0.25) is 0 Å². The molecule has 3 heterocycles. The largest absolute Gasteiger partial charge is 0.490 e. The average Bonchev–Trinajstić information content (AvgIpc) is 3.40. The number of amides is 1. The van der Waals surface area contributed by atoms with E-state index in [0.717, 1.165) is 5.56 Å². The number of anilines is 1. The van der Waals surface area contributed by atoms with Crippen LogP contribution in [-0.4, -0.2) is 17.5 Å². The summed E-state index contributed by atoms with van der Waals surface area (Å²) in [4.78, 5) is 32.5. The molecule has 7 heteroatoms. The first-order valence-corrected chi connectivity index (χ1v) is 10.2. The van der Waals surface area contributed by atoms with E-state index in [4.69, 9.17) is 9.15 Å². The van der Waals surface area contributed by atoms with E-state index < -0.39 is 6.04 Å². The van der Waals surface area contributed by atoms with Crippen LogP contribution in [0.5, 0.6) is 5.75 Å². The lowest BCUT2D eigenvalue weighted by Gasteiger charge is -2.22. The second-order valence-corrected chi connectivity index (χ2v) is 7.60. The van der Waals surface area contributed by atoms with Gasteiger partial charge in [-0.25, -0.2) is 4.98 Å². The van der Waals surface area contributed by atoms with Crippen LogP contribution in [0.15, 0.2) is 82.0 Å². The summed E-state index contributed by atoms with van der Waals surface area (Å²) in [5.74, 6) is 0.361. The van der Waals surface area contributed by atoms with Crippen molar-refractivity contribution >= 4 is 33.3 Å². The summed E-state index contributed by atoms with van der Waals surface area (Å²) in [6.45, 7) is 4.04. The number of aromatic nitrogens is 1. The number of nitrogens with zero attached hydrogens (tertiary/aromatic N) is 2. The Morgan fingerprint density at radius 3 is 2.70 bits per heavy atom. The minimum atomic E-state index is -0.632. The van der Waals surface area contributed by atoms with Crippen LogP contribution >= 0.6 is 11.3 Å². The number of rotatable bonds is 5. The normalized spacial score (nSPS) is 15.4. The lowest BCUT2D eigenvalue weighted by Crippen LogP contribution is -2.29. The number of carbonyl (C=O) groups is 1. The summed E-state index contributed by atoms with van der Waals surface area (Å²) in [5.41, 5.74) is 1.28. The van der Waals surface area contributed by atoms with Gasteiger partial charge in [0.2, 0.25) is 5.76 Å². The number of hydrogen-bond acceptors (Lipinski definition) is 6. The molecule has 0 aliphatic carbocycles. The first-order valence-electron chi connectivity index (χ1n) is 9.31. The fourth-order valence-corrected chi connectivity index (χ4v) is 4.34. The van der Waals surface area contributed by atoms with Crippen LogP contribution in [0.4, 0.5) is 5.13 Å². The topological polar surface area (TPSA) is 72.6 Å². The highest BCUT2D eigenvalue weighted by molar-refractivity contribution is 7.13. The SMILES string of the molecule is C=CCOc1ccc([C@H]2c3c(oc4ccccc4c3=O)C(=O)N2c2nccs2)cc1. The fourth-order valence-electron chi connectivity index (χ4n) is 3.67. The highest BCUT2D eigenvalue weighted by Crippen LogP contribution is 2.42. The number of ether oxygens (including phenoxy) is 1. The van der Waals surface area contributed by atoms with Crippen LogP contribution in [-0.2, 0) is 0 Å². The van der Waals surface area contributed by atoms with Crippen LogP contribution in [0, 0.1) is 0 Å². The highest BCUT2D eigenvalue weighted by Gasteiger charge is 2.44. The van der Waals surface area contributed by atoms with Crippen LogP contribution in [0.3, 0.4) is 0 Å². The van der Waals surface area contributed by atoms with E-state index in [2.05, 4.69) is 11.6 Å². The molecule has 148 valence electrons. The summed E-state index contributed by atoms with van der Waals surface area (Å²) in [7, 11) is 0. The molecule has 0 radical (unpaired) electrons. The molecule has 5 rings (SSSR count). The average molecular weight is 416 g/mol. The number of thiazole rings is 1. The molecule has 0 unspecified atom stereocenters. The van der Waals surface area contributed by atoms with E-state index in [9.17, 15) is 9.59 Å². The Hall–Kier alpha value is -3.71. The molecule has 0 spiro atoms. The molecule has 1 aliphatic heterocycles. The van der Waals surface area contributed by atoms with E-state index in [1.807, 2.05) is 24.3 Å². The second-order valence-electron chi connectivity index (χ2n) is 6.73. The quantitative estimate of drug-likeness (QED) is 0.446. The third kappa shape index (κ3) is 2.83. The summed E-state index contributed by atoms with van der Waals surface area (Å²) in [6.07, 6.45) is 3.30. The molecule has 1 aliphatic rings. The van der Waals surface area contributed by atoms with Gasteiger partial charge < -0.3 is 9.15 Å². The molecule has 6 nitrogen and oxygen atoms in total. The Bertz CT molecular complexity index is 1310. The van der Waals surface area contributed by atoms with E-state index >= 15 is 0 Å². The maximum atomic E-state index is 13.4. The van der Waals surface area contributed by atoms with Crippen LogP contribution < -0.4 is 15.1 Å². The van der Waals surface area contributed by atoms with E-state index in [0.29, 0.717) is 34.0 Å². The standard InChI is InChI=1S/C23H16N2O4S/c1-2-12-28-15-9-7-14(8-10-15)19-18-20(26)16-5-3-4-6-17(16)29-21(18)22(27)25(19)23-24-11-13-30-23/h2-11,13,19H,1,12H2/t19-/m0/s1. The molecular formula is C23H16N2O4S. The van der Waals surface area contributed by atoms with Crippen molar-refractivity contribution in [3.05, 3.63) is 99.9 Å². The first kappa shape index (κ1) is 18.3. The highest BCUT2D eigenvalue weighted by atomic mass is 32.1. The van der Waals surface area contributed by atoms with Crippen molar-refractivity contribution in [2.75, 3.05) is 11.5 Å². The van der Waals surface area contributed by atoms with Crippen molar-refractivity contribution in [3.63, 3.8) is 0 Å². The lowest BCUT2D eigenvalue weighted by molar-refractivity contribution is 0.0971. The van der Waals surface area contributed by atoms with Gasteiger partial charge in [0.05, 0.1) is 17.0 Å². The first-order chi connectivity index (χ1) is 14.7. The van der Waals surface area contributed by atoms with Gasteiger partial charge in [0.1, 0.15) is 17.9 Å². The van der Waals surface area contributed by atoms with Crippen LogP contribution in [0.1, 0.15) is 27.7 Å². The number of benzene rings is 2. The molecule has 4 aromatic rings. The predicted molar refractivity (Wildman–Crippen MR) is 115 cm³/mol. The van der Waals surface area contributed by atoms with E-state index in [-0.39, 0.29) is 17.1 Å². The molecule has 2 aromatic heterocycles. The second kappa shape index (κ2) is 7.27. The van der Waals surface area contributed by atoms with Gasteiger partial charge in [-0.15, -0.1) is 11.3 Å². The summed E-state index contributed by atoms with van der Waals surface area (Å²) in [5, 5.41) is 2.74. The Labute approximate surface area is 175 Å². The van der Waals surface area contributed by atoms with Gasteiger partial charge in [0.15, 0.2) is 10.6 Å². The number of hydrogen-bond donors (Lipinski definition) is 0. The van der Waals surface area contributed by atoms with E-state index in [1.165, 1.54) is 16.2 Å². The summed E-state index contributed by atoms with van der Waals surface area (Å²) < 4.78 is 11.5. The monoisotopic (exact) mass is 416 g/mol. The number of para-hydroxylation sites is 1. The van der Waals surface area contributed by atoms with Gasteiger partial charge in [0, 0.05) is 11.6 Å². The zero-order chi connectivity index (χ0) is 20.7. The molecule has 0 fully saturated rings. The van der Waals surface area contributed by atoms with Gasteiger partial charge in [-0.2, -0.15) is 0 Å². The van der Waals surface area contributed by atoms with Crippen molar-refractivity contribution in [2.24, 2.45) is 0 Å². The molecule has 0 N–H and O–H groups in total. The van der Waals surface area contributed by atoms with Gasteiger partial charge in [-0.1, -0.05) is 36.9 Å². The predicted octanol–water partition coefficient (Wildman–Crippen LogP) is 4.56. The third-order valence-corrected chi connectivity index (χ3v) is 5.74. The molecule has 1 amide bonds. The molecule has 1 atom stereocenters. The van der Waals surface area contributed by atoms with Crippen molar-refractivity contribution in [1.29, 1.82) is 0 Å². The molecule has 30 heavy (non-hydrogen) atoms. The summed E-state index contributed by atoms with van der Waals surface area (Å²) >= 11 is 1.33. The van der Waals surface area contributed by atoms with Crippen molar-refractivity contribution in [1.82, 2.24) is 4.98 Å². The number of fused-ring (bicyclic) bond motifs is 2. The molecule has 0 saturated carbocycles. The molecule has 0 saturated heterocycles. The minimum absolute atomic E-state index is 0.0610. The zero-order valence-corrected chi connectivity index (χ0v) is 16.6. The minimum Gasteiger partial charge on any atom is -0.490 e. The van der Waals surface area contributed by atoms with E-state index in [1.54, 1.807) is 41.9 Å². The number of carbonyl (C=O) groups excluding carboxylic acids is 1. The molecule has 2 aromatic carbocycles. The molecule has 0 bridgehead atoms. The Morgan fingerprint density at radius 1 is 1.17 bits per heavy atom. The van der Waals surface area contributed by atoms with Crippen molar-refractivity contribution < 1.29 is 13.9 Å². The summed E-state index contributed by atoms with van der Waals surface area (Å²) in [6, 6.07) is 13.6. The maximum Gasteiger partial charge on any atom is 0.297 e. The van der Waals surface area contributed by atoms with Gasteiger partial charge in [-0.3, -0.25) is 14.5 Å². The molecular weight excluding hydrogens is 400 g/mol. The lowest BCUT2D eigenvalue weighted by atomic mass is 9.98. The maximum absolute atomic E-state index is 13.4. The van der Waals surface area contributed by atoms with Crippen LogP contribution in [0.25, 0.3) is 11.0 Å². The zero-order valence-electron chi connectivity index (χ0n) is 15.8. The fraction of sp³-hybridized carbons (Fsp3) is 0.0870. The Balaban J connectivity index is 1.71. The third-order valence-electron chi connectivity index (χ3n) is 4.97. The van der Waals surface area contributed by atoms with Gasteiger partial charge >= 0.3 is 0 Å². The smallest absolute Gasteiger partial charge is 0.297 e.